The first-order valence-electron chi connectivity index (χ1n) is 8.28. The van der Waals surface area contributed by atoms with Gasteiger partial charge in [0.15, 0.2) is 0 Å². The van der Waals surface area contributed by atoms with Crippen molar-refractivity contribution < 1.29 is 0 Å². The van der Waals surface area contributed by atoms with Gasteiger partial charge in [-0.1, -0.05) is 30.7 Å². The average molecular weight is 289 g/mol. The normalized spacial score (nSPS) is 23.0. The van der Waals surface area contributed by atoms with E-state index in [2.05, 4.69) is 55.8 Å². The molecule has 1 saturated heterocycles. The second-order valence-corrected chi connectivity index (χ2v) is 6.53. The van der Waals surface area contributed by atoms with Crippen LogP contribution in [-0.4, -0.2) is 49.1 Å². The Bertz CT molecular complexity index is 458. The van der Waals surface area contributed by atoms with Gasteiger partial charge in [0.05, 0.1) is 0 Å². The maximum Gasteiger partial charge on any atom is 0.0476 e. The molecule has 1 aliphatic rings. The Balaban J connectivity index is 2.29. The summed E-state index contributed by atoms with van der Waals surface area (Å²) in [5, 5.41) is 0. The van der Waals surface area contributed by atoms with Gasteiger partial charge >= 0.3 is 0 Å². The predicted octanol–water partition coefficient (Wildman–Crippen LogP) is 2.72. The van der Waals surface area contributed by atoms with Crippen molar-refractivity contribution >= 4 is 0 Å². The second-order valence-electron chi connectivity index (χ2n) is 6.53. The fourth-order valence-electron chi connectivity index (χ4n) is 3.68. The summed E-state index contributed by atoms with van der Waals surface area (Å²) in [6.07, 6.45) is 2.42. The molecule has 0 bridgehead atoms. The molecule has 2 rings (SSSR count). The molecule has 21 heavy (non-hydrogen) atoms. The van der Waals surface area contributed by atoms with Crippen LogP contribution in [0.5, 0.6) is 0 Å². The minimum Gasteiger partial charge on any atom is -0.329 e. The lowest BCUT2D eigenvalue weighted by Gasteiger charge is -2.37. The molecule has 2 unspecified atom stereocenters. The molecule has 0 radical (unpaired) electrons. The highest BCUT2D eigenvalue weighted by molar-refractivity contribution is 5.33. The fourth-order valence-corrected chi connectivity index (χ4v) is 3.68. The highest BCUT2D eigenvalue weighted by Gasteiger charge is 2.29. The topological polar surface area (TPSA) is 32.5 Å². The fraction of sp³-hybridized carbons (Fsp3) is 0.667. The first kappa shape index (κ1) is 16.5. The number of hydrogen-bond donors (Lipinski definition) is 1. The predicted molar refractivity (Wildman–Crippen MR) is 90.6 cm³/mol. The molecule has 2 atom stereocenters. The summed E-state index contributed by atoms with van der Waals surface area (Å²) in [4.78, 5) is 5.12. The van der Waals surface area contributed by atoms with Gasteiger partial charge in [0, 0.05) is 31.7 Å². The standard InChI is InChI=1S/C18H31N3/c1-5-16-13-20(4)9-6-10-21(16)18(12-19)17-8-7-14(2)11-15(17)3/h7-8,11,16,18H,5-6,9-10,12-13,19H2,1-4H3. The average Bonchev–Trinajstić information content (AvgIpc) is 2.63. The van der Waals surface area contributed by atoms with Gasteiger partial charge in [0.1, 0.15) is 0 Å². The first-order valence-corrected chi connectivity index (χ1v) is 8.28. The number of aryl methyl sites for hydroxylation is 2. The van der Waals surface area contributed by atoms with Gasteiger partial charge < -0.3 is 10.6 Å². The molecule has 3 nitrogen and oxygen atoms in total. The van der Waals surface area contributed by atoms with Gasteiger partial charge in [-0.15, -0.1) is 0 Å². The molecule has 2 N–H and O–H groups in total. The second kappa shape index (κ2) is 7.39. The van der Waals surface area contributed by atoms with E-state index in [0.717, 1.165) is 13.1 Å². The third-order valence-electron chi connectivity index (χ3n) is 4.83. The van der Waals surface area contributed by atoms with Gasteiger partial charge in [-0.05, 0) is 51.4 Å². The number of rotatable bonds is 4. The lowest BCUT2D eigenvalue weighted by atomic mass is 9.96. The van der Waals surface area contributed by atoms with Crippen molar-refractivity contribution in [2.24, 2.45) is 5.73 Å². The summed E-state index contributed by atoms with van der Waals surface area (Å²) in [6.45, 7) is 10.9. The van der Waals surface area contributed by atoms with E-state index in [4.69, 9.17) is 5.73 Å². The van der Waals surface area contributed by atoms with Crippen molar-refractivity contribution in [2.45, 2.75) is 45.7 Å². The molecule has 0 amide bonds. The number of benzene rings is 1. The molecule has 0 aliphatic carbocycles. The molecule has 1 aromatic rings. The van der Waals surface area contributed by atoms with Crippen LogP contribution in [0.3, 0.4) is 0 Å². The van der Waals surface area contributed by atoms with Crippen LogP contribution in [0.25, 0.3) is 0 Å². The molecule has 1 aromatic carbocycles. The van der Waals surface area contributed by atoms with E-state index in [1.54, 1.807) is 0 Å². The van der Waals surface area contributed by atoms with E-state index >= 15 is 0 Å². The van der Waals surface area contributed by atoms with Crippen LogP contribution >= 0.6 is 0 Å². The molecule has 1 fully saturated rings. The SMILES string of the molecule is CCC1CN(C)CCCN1C(CN)c1ccc(C)cc1C. The van der Waals surface area contributed by atoms with Crippen molar-refractivity contribution in [1.82, 2.24) is 9.80 Å². The van der Waals surface area contributed by atoms with Crippen molar-refractivity contribution in [3.63, 3.8) is 0 Å². The van der Waals surface area contributed by atoms with Gasteiger partial charge in [-0.25, -0.2) is 0 Å². The summed E-state index contributed by atoms with van der Waals surface area (Å²) >= 11 is 0. The molecule has 1 aliphatic heterocycles. The van der Waals surface area contributed by atoms with Crippen molar-refractivity contribution in [3.8, 4) is 0 Å². The number of nitrogens with zero attached hydrogens (tertiary/aromatic N) is 2. The summed E-state index contributed by atoms with van der Waals surface area (Å²) in [6, 6.07) is 7.73. The van der Waals surface area contributed by atoms with Crippen LogP contribution in [0, 0.1) is 13.8 Å². The summed E-state index contributed by atoms with van der Waals surface area (Å²) in [7, 11) is 2.24. The monoisotopic (exact) mass is 289 g/mol. The summed E-state index contributed by atoms with van der Waals surface area (Å²) in [5.41, 5.74) is 10.3. The Labute approximate surface area is 130 Å². The van der Waals surface area contributed by atoms with Gasteiger partial charge in [0.25, 0.3) is 0 Å². The maximum absolute atomic E-state index is 6.19. The van der Waals surface area contributed by atoms with Gasteiger partial charge in [-0.2, -0.15) is 0 Å². The Morgan fingerprint density at radius 2 is 2.05 bits per heavy atom. The summed E-state index contributed by atoms with van der Waals surface area (Å²) < 4.78 is 0. The van der Waals surface area contributed by atoms with E-state index in [9.17, 15) is 0 Å². The quantitative estimate of drug-likeness (QED) is 0.925. The van der Waals surface area contributed by atoms with Crippen LogP contribution in [0.2, 0.25) is 0 Å². The lowest BCUT2D eigenvalue weighted by Crippen LogP contribution is -2.44. The first-order chi connectivity index (χ1) is 10.1. The third kappa shape index (κ3) is 3.85. The zero-order valence-electron chi connectivity index (χ0n) is 14.1. The molecular formula is C18H31N3. The Hall–Kier alpha value is -0.900. The molecular weight excluding hydrogens is 258 g/mol. The van der Waals surface area contributed by atoms with Crippen molar-refractivity contribution in [1.29, 1.82) is 0 Å². The molecule has 0 saturated carbocycles. The highest BCUT2D eigenvalue weighted by atomic mass is 15.3. The molecule has 0 aromatic heterocycles. The zero-order chi connectivity index (χ0) is 15.4. The van der Waals surface area contributed by atoms with E-state index in [0.29, 0.717) is 18.6 Å². The number of hydrogen-bond acceptors (Lipinski definition) is 3. The van der Waals surface area contributed by atoms with Gasteiger partial charge in [-0.3, -0.25) is 4.90 Å². The Morgan fingerprint density at radius 3 is 2.67 bits per heavy atom. The van der Waals surface area contributed by atoms with E-state index in [-0.39, 0.29) is 0 Å². The third-order valence-corrected chi connectivity index (χ3v) is 4.83. The minimum absolute atomic E-state index is 0.349. The minimum atomic E-state index is 0.349. The lowest BCUT2D eigenvalue weighted by molar-refractivity contribution is 0.130. The largest absolute Gasteiger partial charge is 0.329 e. The van der Waals surface area contributed by atoms with Crippen molar-refractivity contribution in [2.75, 3.05) is 33.2 Å². The van der Waals surface area contributed by atoms with Crippen molar-refractivity contribution in [3.05, 3.63) is 34.9 Å². The highest BCUT2D eigenvalue weighted by Crippen LogP contribution is 2.28. The van der Waals surface area contributed by atoms with Gasteiger partial charge in [0.2, 0.25) is 0 Å². The van der Waals surface area contributed by atoms with E-state index in [1.165, 1.54) is 36.1 Å². The number of likely N-dealkylation sites (N-methyl/N-ethyl adjacent to an activating group) is 1. The van der Waals surface area contributed by atoms with E-state index < -0.39 is 0 Å². The molecule has 118 valence electrons. The Morgan fingerprint density at radius 1 is 1.29 bits per heavy atom. The van der Waals surface area contributed by atoms with Crippen LogP contribution in [0.15, 0.2) is 18.2 Å². The van der Waals surface area contributed by atoms with E-state index in [1.807, 2.05) is 0 Å². The van der Waals surface area contributed by atoms with Crippen LogP contribution < -0.4 is 5.73 Å². The van der Waals surface area contributed by atoms with Crippen LogP contribution in [-0.2, 0) is 0 Å². The smallest absolute Gasteiger partial charge is 0.0476 e. The molecule has 0 spiro atoms. The zero-order valence-corrected chi connectivity index (χ0v) is 14.1. The van der Waals surface area contributed by atoms with Crippen LogP contribution in [0.1, 0.15) is 42.5 Å². The molecule has 1 heterocycles. The number of nitrogens with two attached hydrogens (primary N) is 1. The summed E-state index contributed by atoms with van der Waals surface area (Å²) in [5.74, 6) is 0. The Kier molecular flexibility index (Phi) is 5.80. The van der Waals surface area contributed by atoms with Crippen LogP contribution in [0.4, 0.5) is 0 Å². The maximum atomic E-state index is 6.19. The molecule has 3 heteroatoms.